The average Bonchev–Trinajstić information content (AvgIpc) is 2.64. The van der Waals surface area contributed by atoms with Gasteiger partial charge < -0.3 is 20.6 Å². The number of rotatable bonds is 4. The lowest BCUT2D eigenvalue weighted by molar-refractivity contribution is 0.0693. The highest BCUT2D eigenvalue weighted by Gasteiger charge is 2.16. The van der Waals surface area contributed by atoms with E-state index < -0.39 is 5.97 Å². The molecule has 4 N–H and O–H groups in total. The average molecular weight is 234 g/mol. The van der Waals surface area contributed by atoms with Crippen LogP contribution in [0.4, 0.5) is 5.69 Å². The van der Waals surface area contributed by atoms with Gasteiger partial charge in [0, 0.05) is 24.8 Å². The van der Waals surface area contributed by atoms with Crippen LogP contribution in [0.2, 0.25) is 0 Å². The summed E-state index contributed by atoms with van der Waals surface area (Å²) in [5, 5.41) is 12.1. The molecule has 0 aromatic carbocycles. The number of carboxylic acids is 1. The van der Waals surface area contributed by atoms with E-state index in [-0.39, 0.29) is 5.69 Å². The monoisotopic (exact) mass is 234 g/mol. The summed E-state index contributed by atoms with van der Waals surface area (Å²) in [6.07, 6.45) is 2.34. The number of carboxylic acid groups (broad SMARTS) is 1. The van der Waals surface area contributed by atoms with Crippen LogP contribution in [0.15, 0.2) is 18.3 Å². The number of imidazole rings is 1. The summed E-state index contributed by atoms with van der Waals surface area (Å²) < 4.78 is 1.73. The highest BCUT2D eigenvalue weighted by Crippen LogP contribution is 2.16. The van der Waals surface area contributed by atoms with E-state index >= 15 is 0 Å². The summed E-state index contributed by atoms with van der Waals surface area (Å²) in [6, 6.07) is 3.35. The van der Waals surface area contributed by atoms with Gasteiger partial charge in [0.15, 0.2) is 5.69 Å². The molecule has 6 heteroatoms. The summed E-state index contributed by atoms with van der Waals surface area (Å²) in [4.78, 5) is 15.2. The molecule has 0 radical (unpaired) electrons. The van der Waals surface area contributed by atoms with Crippen molar-refractivity contribution >= 4 is 17.2 Å². The molecule has 0 amide bonds. The lowest BCUT2D eigenvalue weighted by atomic mass is 10.3. The van der Waals surface area contributed by atoms with Crippen molar-refractivity contribution in [2.45, 2.75) is 6.42 Å². The van der Waals surface area contributed by atoms with E-state index in [2.05, 4.69) is 10.3 Å². The Hall–Kier alpha value is -2.08. The van der Waals surface area contributed by atoms with Gasteiger partial charge in [0.05, 0.1) is 5.52 Å². The number of likely N-dealkylation sites (N-methyl/N-ethyl adjacent to an activating group) is 1. The standard InChI is InChI=1S/C11H14N4O2/c1-13-5-4-9-14-10(11(16)17)8-3-2-7(12)6-15(8)9/h2-3,6,13H,4-5,12H2,1H3,(H,16,17). The summed E-state index contributed by atoms with van der Waals surface area (Å²) >= 11 is 0. The zero-order valence-electron chi connectivity index (χ0n) is 9.47. The van der Waals surface area contributed by atoms with Crippen molar-refractivity contribution in [3.8, 4) is 0 Å². The van der Waals surface area contributed by atoms with Gasteiger partial charge in [-0.25, -0.2) is 9.78 Å². The highest BCUT2D eigenvalue weighted by molar-refractivity contribution is 5.93. The maximum atomic E-state index is 11.1. The van der Waals surface area contributed by atoms with Crippen molar-refractivity contribution in [1.82, 2.24) is 14.7 Å². The number of anilines is 1. The predicted molar refractivity (Wildman–Crippen MR) is 64.2 cm³/mol. The first-order chi connectivity index (χ1) is 8.13. The Kier molecular flexibility index (Phi) is 2.97. The number of hydrogen-bond acceptors (Lipinski definition) is 4. The number of nitrogens with one attached hydrogen (secondary N) is 1. The largest absolute Gasteiger partial charge is 0.476 e. The van der Waals surface area contributed by atoms with E-state index in [1.807, 2.05) is 7.05 Å². The number of fused-ring (bicyclic) bond motifs is 1. The van der Waals surface area contributed by atoms with Gasteiger partial charge in [-0.05, 0) is 19.2 Å². The predicted octanol–water partition coefficient (Wildman–Crippen LogP) is 0.377. The van der Waals surface area contributed by atoms with Crippen molar-refractivity contribution in [3.63, 3.8) is 0 Å². The zero-order chi connectivity index (χ0) is 12.4. The van der Waals surface area contributed by atoms with Crippen molar-refractivity contribution in [3.05, 3.63) is 29.8 Å². The van der Waals surface area contributed by atoms with Gasteiger partial charge in [-0.3, -0.25) is 0 Å². The quantitative estimate of drug-likeness (QED) is 0.711. The second-order valence-corrected chi connectivity index (χ2v) is 3.75. The molecule has 0 saturated heterocycles. The molecular weight excluding hydrogens is 220 g/mol. The van der Waals surface area contributed by atoms with E-state index in [1.54, 1.807) is 22.7 Å². The van der Waals surface area contributed by atoms with Crippen LogP contribution < -0.4 is 11.1 Å². The van der Waals surface area contributed by atoms with Gasteiger partial charge >= 0.3 is 5.97 Å². The van der Waals surface area contributed by atoms with Crippen LogP contribution >= 0.6 is 0 Å². The summed E-state index contributed by atoms with van der Waals surface area (Å²) in [5.74, 6) is -0.331. The SMILES string of the molecule is CNCCc1nc(C(=O)O)c2ccc(N)cn12. The molecule has 0 aliphatic carbocycles. The number of nitrogen functional groups attached to an aromatic ring is 1. The maximum absolute atomic E-state index is 11.1. The minimum atomic E-state index is -1.03. The lowest BCUT2D eigenvalue weighted by Gasteiger charge is -2.01. The van der Waals surface area contributed by atoms with Gasteiger partial charge in [-0.2, -0.15) is 0 Å². The number of pyridine rings is 1. The zero-order valence-corrected chi connectivity index (χ0v) is 9.47. The van der Waals surface area contributed by atoms with E-state index in [0.717, 1.165) is 6.54 Å². The van der Waals surface area contributed by atoms with Crippen LogP contribution in [0.25, 0.3) is 5.52 Å². The van der Waals surface area contributed by atoms with Gasteiger partial charge in [0.2, 0.25) is 0 Å². The molecule has 0 saturated carbocycles. The number of nitrogens with zero attached hydrogens (tertiary/aromatic N) is 2. The molecule has 2 aromatic heterocycles. The molecule has 0 unspecified atom stereocenters. The minimum absolute atomic E-state index is 0.0658. The molecule has 6 nitrogen and oxygen atoms in total. The maximum Gasteiger partial charge on any atom is 0.356 e. The molecular formula is C11H14N4O2. The first kappa shape index (κ1) is 11.4. The fourth-order valence-electron chi connectivity index (χ4n) is 1.73. The Morgan fingerprint density at radius 1 is 1.59 bits per heavy atom. The Balaban J connectivity index is 2.58. The molecule has 2 rings (SSSR count). The fourth-order valence-corrected chi connectivity index (χ4v) is 1.73. The third-order valence-electron chi connectivity index (χ3n) is 2.53. The smallest absolute Gasteiger partial charge is 0.356 e. The number of nitrogens with two attached hydrogens (primary N) is 1. The Morgan fingerprint density at radius 2 is 2.35 bits per heavy atom. The van der Waals surface area contributed by atoms with Gasteiger partial charge in [-0.1, -0.05) is 0 Å². The Labute approximate surface area is 98.1 Å². The molecule has 2 aromatic rings. The Bertz CT molecular complexity index is 562. The lowest BCUT2D eigenvalue weighted by Crippen LogP contribution is -2.12. The van der Waals surface area contributed by atoms with Crippen molar-refractivity contribution in [1.29, 1.82) is 0 Å². The molecule has 2 heterocycles. The number of aromatic carboxylic acids is 1. The fraction of sp³-hybridized carbons (Fsp3) is 0.273. The van der Waals surface area contributed by atoms with Gasteiger partial charge in [-0.15, -0.1) is 0 Å². The first-order valence-electron chi connectivity index (χ1n) is 5.28. The molecule has 0 atom stereocenters. The number of aromatic nitrogens is 2. The van der Waals surface area contributed by atoms with Crippen LogP contribution in [0.1, 0.15) is 16.3 Å². The van der Waals surface area contributed by atoms with Crippen LogP contribution in [0.5, 0.6) is 0 Å². The van der Waals surface area contributed by atoms with E-state index in [0.29, 0.717) is 23.4 Å². The summed E-state index contributed by atoms with van der Waals surface area (Å²) in [5.41, 5.74) is 6.91. The molecule has 0 fully saturated rings. The molecule has 0 aliphatic heterocycles. The highest BCUT2D eigenvalue weighted by atomic mass is 16.4. The number of hydrogen-bond donors (Lipinski definition) is 3. The van der Waals surface area contributed by atoms with Crippen molar-refractivity contribution in [2.24, 2.45) is 0 Å². The van der Waals surface area contributed by atoms with Crippen molar-refractivity contribution in [2.75, 3.05) is 19.3 Å². The van der Waals surface area contributed by atoms with E-state index in [9.17, 15) is 4.79 Å². The third-order valence-corrected chi connectivity index (χ3v) is 2.53. The normalized spacial score (nSPS) is 10.9. The molecule has 90 valence electrons. The Morgan fingerprint density at radius 3 is 3.00 bits per heavy atom. The van der Waals surface area contributed by atoms with Crippen LogP contribution in [0, 0.1) is 0 Å². The first-order valence-corrected chi connectivity index (χ1v) is 5.28. The minimum Gasteiger partial charge on any atom is -0.476 e. The van der Waals surface area contributed by atoms with Crippen LogP contribution in [-0.4, -0.2) is 34.1 Å². The van der Waals surface area contributed by atoms with E-state index in [1.165, 1.54) is 0 Å². The topological polar surface area (TPSA) is 92.6 Å². The van der Waals surface area contributed by atoms with Gasteiger partial charge in [0.25, 0.3) is 0 Å². The van der Waals surface area contributed by atoms with E-state index in [4.69, 9.17) is 10.8 Å². The summed E-state index contributed by atoms with van der Waals surface area (Å²) in [7, 11) is 1.84. The van der Waals surface area contributed by atoms with Gasteiger partial charge in [0.1, 0.15) is 5.82 Å². The molecule has 0 spiro atoms. The molecule has 0 aliphatic rings. The number of carbonyl (C=O) groups is 1. The summed E-state index contributed by atoms with van der Waals surface area (Å²) in [6.45, 7) is 0.729. The van der Waals surface area contributed by atoms with Crippen LogP contribution in [0.3, 0.4) is 0 Å². The second kappa shape index (κ2) is 4.42. The second-order valence-electron chi connectivity index (χ2n) is 3.75. The third kappa shape index (κ3) is 2.07. The van der Waals surface area contributed by atoms with Crippen molar-refractivity contribution < 1.29 is 9.90 Å². The molecule has 0 bridgehead atoms. The molecule has 17 heavy (non-hydrogen) atoms. The van der Waals surface area contributed by atoms with Crippen LogP contribution in [-0.2, 0) is 6.42 Å².